The van der Waals surface area contributed by atoms with Crippen LogP contribution in [0.5, 0.6) is 0 Å². The first kappa shape index (κ1) is 27.3. The number of hydrogen-bond acceptors (Lipinski definition) is 7. The Morgan fingerprint density at radius 3 is 1.94 bits per heavy atom. The second-order valence-corrected chi connectivity index (χ2v) is 9.28. The number of sulfonamides is 1. The van der Waals surface area contributed by atoms with Crippen LogP contribution in [0.1, 0.15) is 13.8 Å². The standard InChI is InChI=1S/C17H28ClN3O3S.C2H2O4/c1-3-19(4-2)13-16(22)14-20-9-11-21(12-10-20)25(23,24)17-7-5-15(18)6-8-17;3-1(4)2(5)6/h5-8,16,22H,3-4,9-14H2,1-2H3;(H,3,4)(H,5,6). The quantitative estimate of drug-likeness (QED) is 0.455. The van der Waals surface area contributed by atoms with Crippen molar-refractivity contribution < 1.29 is 33.3 Å². The number of halogens is 1. The van der Waals surface area contributed by atoms with E-state index in [0.717, 1.165) is 13.1 Å². The summed E-state index contributed by atoms with van der Waals surface area (Å²) in [7, 11) is -3.48. The van der Waals surface area contributed by atoms with E-state index in [9.17, 15) is 13.5 Å². The Kier molecular flexibility index (Phi) is 11.4. The number of aliphatic hydroxyl groups excluding tert-OH is 1. The van der Waals surface area contributed by atoms with Crippen molar-refractivity contribution in [2.75, 3.05) is 52.4 Å². The Bertz CT molecular complexity index is 796. The molecule has 0 radical (unpaired) electrons. The average molecular weight is 480 g/mol. The molecule has 0 amide bonds. The zero-order valence-electron chi connectivity index (χ0n) is 17.6. The summed E-state index contributed by atoms with van der Waals surface area (Å²) in [6, 6.07) is 6.26. The smallest absolute Gasteiger partial charge is 0.414 e. The summed E-state index contributed by atoms with van der Waals surface area (Å²) in [5, 5.41) is 25.5. The van der Waals surface area contributed by atoms with Gasteiger partial charge in [0, 0.05) is 44.3 Å². The summed E-state index contributed by atoms with van der Waals surface area (Å²) in [5.41, 5.74) is 0. The molecule has 0 aromatic heterocycles. The number of piperazine rings is 1. The summed E-state index contributed by atoms with van der Waals surface area (Å²) >= 11 is 5.83. The fraction of sp³-hybridized carbons (Fsp3) is 0.579. The minimum Gasteiger partial charge on any atom is -0.473 e. The highest BCUT2D eigenvalue weighted by atomic mass is 35.5. The Morgan fingerprint density at radius 2 is 1.52 bits per heavy atom. The minimum atomic E-state index is -3.48. The second-order valence-electron chi connectivity index (χ2n) is 6.91. The van der Waals surface area contributed by atoms with E-state index in [1.807, 2.05) is 0 Å². The zero-order valence-corrected chi connectivity index (χ0v) is 19.2. The fourth-order valence-corrected chi connectivity index (χ4v) is 4.59. The van der Waals surface area contributed by atoms with Crippen molar-refractivity contribution in [2.24, 2.45) is 0 Å². The van der Waals surface area contributed by atoms with Gasteiger partial charge in [-0.15, -0.1) is 0 Å². The van der Waals surface area contributed by atoms with Crippen LogP contribution in [0.3, 0.4) is 0 Å². The van der Waals surface area contributed by atoms with Gasteiger partial charge in [-0.05, 0) is 37.4 Å². The molecule has 0 aliphatic carbocycles. The van der Waals surface area contributed by atoms with Gasteiger partial charge in [-0.3, -0.25) is 4.90 Å². The monoisotopic (exact) mass is 479 g/mol. The van der Waals surface area contributed by atoms with E-state index in [-0.39, 0.29) is 4.90 Å². The molecule has 1 heterocycles. The van der Waals surface area contributed by atoms with E-state index >= 15 is 0 Å². The number of carboxylic acids is 2. The van der Waals surface area contributed by atoms with Gasteiger partial charge in [0.15, 0.2) is 0 Å². The molecule has 1 aromatic rings. The zero-order chi connectivity index (χ0) is 23.6. The van der Waals surface area contributed by atoms with E-state index in [1.54, 1.807) is 12.1 Å². The third-order valence-electron chi connectivity index (χ3n) is 4.80. The van der Waals surface area contributed by atoms with Crippen LogP contribution >= 0.6 is 11.6 Å². The lowest BCUT2D eigenvalue weighted by atomic mass is 10.2. The van der Waals surface area contributed by atoms with Gasteiger partial charge in [-0.25, -0.2) is 18.0 Å². The molecule has 2 rings (SSSR count). The second kappa shape index (κ2) is 12.9. The number of aliphatic hydroxyl groups is 1. The lowest BCUT2D eigenvalue weighted by Crippen LogP contribution is -2.51. The van der Waals surface area contributed by atoms with E-state index in [1.165, 1.54) is 16.4 Å². The SMILES string of the molecule is CCN(CC)CC(O)CN1CCN(S(=O)(=O)c2ccc(Cl)cc2)CC1.O=C(O)C(=O)O. The number of benzene rings is 1. The van der Waals surface area contributed by atoms with Gasteiger partial charge in [0.1, 0.15) is 0 Å². The number of nitrogens with zero attached hydrogens (tertiary/aromatic N) is 3. The Morgan fingerprint density at radius 1 is 1.03 bits per heavy atom. The van der Waals surface area contributed by atoms with Gasteiger partial charge in [0.05, 0.1) is 11.0 Å². The molecule has 1 aromatic carbocycles. The maximum Gasteiger partial charge on any atom is 0.414 e. The maximum atomic E-state index is 12.7. The molecule has 12 heteroatoms. The largest absolute Gasteiger partial charge is 0.473 e. The maximum absolute atomic E-state index is 12.7. The predicted molar refractivity (Wildman–Crippen MR) is 116 cm³/mol. The number of carbonyl (C=O) groups is 2. The normalized spacial score (nSPS) is 16.4. The highest BCUT2D eigenvalue weighted by Crippen LogP contribution is 2.20. The van der Waals surface area contributed by atoms with Gasteiger partial charge in [-0.1, -0.05) is 25.4 Å². The average Bonchev–Trinajstić information content (AvgIpc) is 2.73. The summed E-state index contributed by atoms with van der Waals surface area (Å²) in [5.74, 6) is -3.65. The molecule has 1 fully saturated rings. The molecule has 1 aliphatic rings. The number of hydrogen-bond donors (Lipinski definition) is 3. The summed E-state index contributed by atoms with van der Waals surface area (Å²) in [6.07, 6.45) is -0.417. The number of rotatable bonds is 8. The van der Waals surface area contributed by atoms with Gasteiger partial charge >= 0.3 is 11.9 Å². The summed E-state index contributed by atoms with van der Waals surface area (Å²) in [4.78, 5) is 22.8. The number of carboxylic acid groups (broad SMARTS) is 2. The highest BCUT2D eigenvalue weighted by Gasteiger charge is 2.29. The van der Waals surface area contributed by atoms with E-state index < -0.39 is 28.1 Å². The van der Waals surface area contributed by atoms with Gasteiger partial charge in [0.2, 0.25) is 10.0 Å². The fourth-order valence-electron chi connectivity index (χ4n) is 3.04. The lowest BCUT2D eigenvalue weighted by Gasteiger charge is -2.35. The van der Waals surface area contributed by atoms with Crippen LogP contribution in [0.25, 0.3) is 0 Å². The Balaban J connectivity index is 0.000000703. The van der Waals surface area contributed by atoms with Gasteiger partial charge in [0.25, 0.3) is 0 Å². The number of likely N-dealkylation sites (N-methyl/N-ethyl adjacent to an activating group) is 1. The first-order valence-electron chi connectivity index (χ1n) is 9.85. The van der Waals surface area contributed by atoms with Gasteiger partial charge in [-0.2, -0.15) is 4.31 Å². The predicted octanol–water partition coefficient (Wildman–Crippen LogP) is 0.505. The van der Waals surface area contributed by atoms with Crippen molar-refractivity contribution in [3.63, 3.8) is 0 Å². The van der Waals surface area contributed by atoms with Crippen LogP contribution in [0.2, 0.25) is 5.02 Å². The topological polar surface area (TPSA) is 139 Å². The van der Waals surface area contributed by atoms with Crippen molar-refractivity contribution in [3.05, 3.63) is 29.3 Å². The molecule has 0 saturated carbocycles. The van der Waals surface area contributed by atoms with Crippen molar-refractivity contribution in [1.82, 2.24) is 14.1 Å². The minimum absolute atomic E-state index is 0.270. The van der Waals surface area contributed by atoms with Crippen LogP contribution in [0, 0.1) is 0 Å². The summed E-state index contributed by atoms with van der Waals surface area (Å²) in [6.45, 7) is 9.34. The van der Waals surface area contributed by atoms with Crippen LogP contribution in [0.4, 0.5) is 0 Å². The molecule has 0 spiro atoms. The third kappa shape index (κ3) is 9.09. The molecule has 0 bridgehead atoms. The van der Waals surface area contributed by atoms with E-state index in [2.05, 4.69) is 23.6 Å². The number of aliphatic carboxylic acids is 2. The first-order valence-corrected chi connectivity index (χ1v) is 11.7. The first-order chi connectivity index (χ1) is 14.5. The van der Waals surface area contributed by atoms with Crippen molar-refractivity contribution in [3.8, 4) is 0 Å². The third-order valence-corrected chi connectivity index (χ3v) is 6.96. The molecule has 3 N–H and O–H groups in total. The van der Waals surface area contributed by atoms with E-state index in [4.69, 9.17) is 31.4 Å². The lowest BCUT2D eigenvalue weighted by molar-refractivity contribution is -0.159. The van der Waals surface area contributed by atoms with Crippen LogP contribution in [-0.2, 0) is 19.6 Å². The Hall–Kier alpha value is -1.76. The van der Waals surface area contributed by atoms with Crippen LogP contribution in [0.15, 0.2) is 29.2 Å². The van der Waals surface area contributed by atoms with Crippen molar-refractivity contribution in [1.29, 1.82) is 0 Å². The van der Waals surface area contributed by atoms with Crippen molar-refractivity contribution >= 4 is 33.6 Å². The molecular weight excluding hydrogens is 450 g/mol. The molecule has 176 valence electrons. The molecule has 1 atom stereocenters. The van der Waals surface area contributed by atoms with Crippen LogP contribution in [-0.4, -0.2) is 108 Å². The van der Waals surface area contributed by atoms with Crippen molar-refractivity contribution in [2.45, 2.75) is 24.8 Å². The molecule has 1 unspecified atom stereocenters. The molecule has 1 aliphatic heterocycles. The van der Waals surface area contributed by atoms with Gasteiger partial charge < -0.3 is 20.2 Å². The van der Waals surface area contributed by atoms with E-state index in [0.29, 0.717) is 44.3 Å². The summed E-state index contributed by atoms with van der Waals surface area (Å²) < 4.78 is 26.8. The van der Waals surface area contributed by atoms with Crippen LogP contribution < -0.4 is 0 Å². The molecular formula is C19H30ClN3O7S. The molecule has 31 heavy (non-hydrogen) atoms. The molecule has 1 saturated heterocycles. The molecule has 10 nitrogen and oxygen atoms in total. The highest BCUT2D eigenvalue weighted by molar-refractivity contribution is 7.89. The Labute approximate surface area is 187 Å². The number of β-amino-alcohol motifs (C(OH)–C–C–N with tert-alkyl or cyclic N) is 1.